The van der Waals surface area contributed by atoms with E-state index in [0.29, 0.717) is 10.7 Å². The van der Waals surface area contributed by atoms with Gasteiger partial charge in [-0.1, -0.05) is 41.0 Å². The summed E-state index contributed by atoms with van der Waals surface area (Å²) in [6, 6.07) is 9.76. The van der Waals surface area contributed by atoms with E-state index >= 15 is 0 Å². The lowest BCUT2D eigenvalue weighted by Gasteiger charge is -2.31. The summed E-state index contributed by atoms with van der Waals surface area (Å²) in [6.45, 7) is 1.97. The maximum absolute atomic E-state index is 13.2. The van der Waals surface area contributed by atoms with E-state index in [-0.39, 0.29) is 29.7 Å². The second-order valence-corrected chi connectivity index (χ2v) is 8.52. The van der Waals surface area contributed by atoms with Crippen LogP contribution in [0.1, 0.15) is 18.9 Å². The number of nitrogens with zero attached hydrogens (tertiary/aromatic N) is 2. The Balaban J connectivity index is 1.88. The summed E-state index contributed by atoms with van der Waals surface area (Å²) in [5, 5.41) is 2.02. The van der Waals surface area contributed by atoms with Gasteiger partial charge < -0.3 is 5.32 Å². The van der Waals surface area contributed by atoms with E-state index in [9.17, 15) is 22.8 Å². The highest BCUT2D eigenvalue weighted by Crippen LogP contribution is 2.38. The molecule has 1 saturated heterocycles. The zero-order chi connectivity index (χ0) is 22.8. The molecule has 0 bridgehead atoms. The van der Waals surface area contributed by atoms with Gasteiger partial charge in [0.15, 0.2) is 5.17 Å². The molecule has 0 radical (unpaired) electrons. The van der Waals surface area contributed by atoms with Gasteiger partial charge in [0.05, 0.1) is 16.3 Å². The molecule has 5 nitrogen and oxygen atoms in total. The number of amidine groups is 1. The fourth-order valence-corrected chi connectivity index (χ4v) is 4.43. The smallest absolute Gasteiger partial charge is 0.325 e. The van der Waals surface area contributed by atoms with Gasteiger partial charge in [-0.25, -0.2) is 4.99 Å². The van der Waals surface area contributed by atoms with E-state index in [2.05, 4.69) is 10.3 Å². The molecule has 1 N–H and O–H groups in total. The van der Waals surface area contributed by atoms with Crippen LogP contribution in [0.4, 0.5) is 24.5 Å². The molecule has 1 heterocycles. The average molecular weight is 490 g/mol. The lowest BCUT2D eigenvalue weighted by atomic mass is 10.2. The van der Waals surface area contributed by atoms with Crippen molar-refractivity contribution in [3.63, 3.8) is 0 Å². The minimum Gasteiger partial charge on any atom is -0.325 e. The van der Waals surface area contributed by atoms with Crippen molar-refractivity contribution < 1.29 is 22.8 Å². The Hall–Kier alpha value is -2.23. The zero-order valence-corrected chi connectivity index (χ0v) is 18.4. The zero-order valence-electron chi connectivity index (χ0n) is 16.0. The van der Waals surface area contributed by atoms with E-state index in [0.717, 1.165) is 23.9 Å². The Morgan fingerprint density at radius 2 is 2.00 bits per heavy atom. The first-order chi connectivity index (χ1) is 14.6. The number of rotatable bonds is 4. The van der Waals surface area contributed by atoms with Crippen molar-refractivity contribution in [2.45, 2.75) is 24.8 Å². The number of halogens is 5. The molecule has 0 saturated carbocycles. The van der Waals surface area contributed by atoms with Crippen molar-refractivity contribution in [2.24, 2.45) is 4.99 Å². The molecular weight excluding hydrogens is 474 g/mol. The van der Waals surface area contributed by atoms with Crippen LogP contribution in [0.2, 0.25) is 10.0 Å². The van der Waals surface area contributed by atoms with Crippen molar-refractivity contribution in [3.8, 4) is 0 Å². The maximum Gasteiger partial charge on any atom is 0.417 e. The van der Waals surface area contributed by atoms with Gasteiger partial charge >= 0.3 is 6.18 Å². The van der Waals surface area contributed by atoms with Crippen LogP contribution in [-0.4, -0.2) is 33.7 Å². The highest BCUT2D eigenvalue weighted by molar-refractivity contribution is 8.15. The van der Waals surface area contributed by atoms with Gasteiger partial charge in [-0.05, 0) is 43.3 Å². The van der Waals surface area contributed by atoms with Crippen LogP contribution in [0.3, 0.4) is 0 Å². The van der Waals surface area contributed by atoms with Gasteiger partial charge in [0.25, 0.3) is 0 Å². The number of hydrogen-bond acceptors (Lipinski definition) is 4. The van der Waals surface area contributed by atoms with E-state index in [1.807, 2.05) is 0 Å². The quantitative estimate of drug-likeness (QED) is 0.573. The number of carbonyl (C=O) groups is 2. The maximum atomic E-state index is 13.2. The number of nitrogens with one attached hydrogen (secondary N) is 1. The minimum absolute atomic E-state index is 0.0265. The van der Waals surface area contributed by atoms with Crippen LogP contribution >= 0.6 is 35.0 Å². The molecule has 1 unspecified atom stereocenters. The van der Waals surface area contributed by atoms with Gasteiger partial charge in [0.1, 0.15) is 5.25 Å². The molecule has 31 heavy (non-hydrogen) atoms. The van der Waals surface area contributed by atoms with Crippen molar-refractivity contribution in [1.82, 2.24) is 4.90 Å². The van der Waals surface area contributed by atoms with E-state index < -0.39 is 27.9 Å². The summed E-state index contributed by atoms with van der Waals surface area (Å²) >= 11 is 12.6. The van der Waals surface area contributed by atoms with Crippen molar-refractivity contribution in [2.75, 3.05) is 11.9 Å². The Bertz CT molecular complexity index is 1050. The fraction of sp³-hybridized carbons (Fsp3) is 0.250. The lowest BCUT2D eigenvalue weighted by Crippen LogP contribution is -2.45. The number of hydrogen-bond donors (Lipinski definition) is 1. The van der Waals surface area contributed by atoms with Crippen LogP contribution in [0.5, 0.6) is 0 Å². The Morgan fingerprint density at radius 3 is 2.65 bits per heavy atom. The van der Waals surface area contributed by atoms with Crippen molar-refractivity contribution in [3.05, 3.63) is 58.1 Å². The molecule has 164 valence electrons. The topological polar surface area (TPSA) is 61.8 Å². The minimum atomic E-state index is -4.65. The molecule has 0 aromatic heterocycles. The Morgan fingerprint density at radius 1 is 1.26 bits per heavy atom. The molecule has 11 heteroatoms. The SMILES string of the molecule is CCN1C(=O)CC(C(=O)Nc2cccc(Cl)c2)SC1=Nc1ccc(Cl)c(C(F)(F)F)c1. The summed E-state index contributed by atoms with van der Waals surface area (Å²) in [5.74, 6) is -0.785. The number of benzene rings is 2. The van der Waals surface area contributed by atoms with Gasteiger partial charge in [0.2, 0.25) is 11.8 Å². The summed E-state index contributed by atoms with van der Waals surface area (Å²) in [6.07, 6.45) is -4.72. The van der Waals surface area contributed by atoms with Gasteiger partial charge in [-0.15, -0.1) is 0 Å². The second-order valence-electron chi connectivity index (χ2n) is 6.50. The summed E-state index contributed by atoms with van der Waals surface area (Å²) in [4.78, 5) is 30.8. The predicted molar refractivity (Wildman–Crippen MR) is 117 cm³/mol. The number of anilines is 1. The standard InChI is InChI=1S/C20H16Cl2F3N3O2S/c1-2-28-17(29)10-16(18(30)26-12-5-3-4-11(21)8-12)31-19(28)27-13-6-7-15(22)14(9-13)20(23,24)25/h3-9,16H,2,10H2,1H3,(H,26,30). The van der Waals surface area contributed by atoms with Crippen LogP contribution in [0, 0.1) is 0 Å². The number of carbonyl (C=O) groups excluding carboxylic acids is 2. The normalized spacial score (nSPS) is 18.4. The number of aliphatic imine (C=N–C) groups is 1. The first-order valence-electron chi connectivity index (χ1n) is 9.07. The van der Waals surface area contributed by atoms with Gasteiger partial charge in [-0.2, -0.15) is 13.2 Å². The first kappa shape index (κ1) is 23.4. The van der Waals surface area contributed by atoms with Crippen LogP contribution in [-0.2, 0) is 15.8 Å². The number of amides is 2. The van der Waals surface area contributed by atoms with E-state index in [4.69, 9.17) is 23.2 Å². The molecule has 3 rings (SSSR count). The van der Waals surface area contributed by atoms with Gasteiger partial charge in [0, 0.05) is 23.7 Å². The van der Waals surface area contributed by atoms with E-state index in [1.54, 1.807) is 31.2 Å². The Kier molecular flexibility index (Phi) is 7.18. The highest BCUT2D eigenvalue weighted by atomic mass is 35.5. The molecule has 1 aliphatic rings. The molecule has 1 fully saturated rings. The summed E-state index contributed by atoms with van der Waals surface area (Å²) in [7, 11) is 0. The summed E-state index contributed by atoms with van der Waals surface area (Å²) < 4.78 is 39.5. The number of thioether (sulfide) groups is 1. The molecule has 0 spiro atoms. The fourth-order valence-electron chi connectivity index (χ4n) is 2.85. The third-order valence-corrected chi connectivity index (χ3v) is 6.07. The molecule has 1 atom stereocenters. The molecule has 2 aromatic carbocycles. The highest BCUT2D eigenvalue weighted by Gasteiger charge is 2.36. The lowest BCUT2D eigenvalue weighted by molar-refractivity contribution is -0.137. The van der Waals surface area contributed by atoms with Crippen LogP contribution < -0.4 is 5.32 Å². The third-order valence-electron chi connectivity index (χ3n) is 4.32. The molecule has 1 aliphatic heterocycles. The van der Waals surface area contributed by atoms with Crippen LogP contribution in [0.15, 0.2) is 47.5 Å². The molecular formula is C20H16Cl2F3N3O2S. The monoisotopic (exact) mass is 489 g/mol. The van der Waals surface area contributed by atoms with E-state index in [1.165, 1.54) is 11.0 Å². The molecule has 0 aliphatic carbocycles. The molecule has 2 aromatic rings. The molecule has 2 amide bonds. The second kappa shape index (κ2) is 9.50. The Labute approximate surface area is 190 Å². The van der Waals surface area contributed by atoms with Crippen molar-refractivity contribution in [1.29, 1.82) is 0 Å². The number of alkyl halides is 3. The third kappa shape index (κ3) is 5.72. The first-order valence-corrected chi connectivity index (χ1v) is 10.7. The summed E-state index contributed by atoms with van der Waals surface area (Å²) in [5.41, 5.74) is -0.586. The van der Waals surface area contributed by atoms with Crippen LogP contribution in [0.25, 0.3) is 0 Å². The van der Waals surface area contributed by atoms with Crippen molar-refractivity contribution >= 4 is 63.3 Å². The average Bonchev–Trinajstić information content (AvgIpc) is 2.68. The predicted octanol–water partition coefficient (Wildman–Crippen LogP) is 5.99. The van der Waals surface area contributed by atoms with Gasteiger partial charge in [-0.3, -0.25) is 14.5 Å². The largest absolute Gasteiger partial charge is 0.417 e.